The minimum Gasteiger partial charge on any atom is -0.497 e. The molecule has 0 saturated heterocycles. The van der Waals surface area contributed by atoms with Crippen LogP contribution in [0.2, 0.25) is 0 Å². The van der Waals surface area contributed by atoms with Gasteiger partial charge in [-0.3, -0.25) is 0 Å². The van der Waals surface area contributed by atoms with Crippen LogP contribution in [0.1, 0.15) is 17.4 Å². The van der Waals surface area contributed by atoms with E-state index in [0.29, 0.717) is 17.0 Å². The number of methoxy groups -OCH3 is 1. The Kier molecular flexibility index (Phi) is 3.99. The van der Waals surface area contributed by atoms with Crippen molar-refractivity contribution in [3.63, 3.8) is 0 Å². The zero-order chi connectivity index (χ0) is 14.7. The van der Waals surface area contributed by atoms with Gasteiger partial charge in [0.1, 0.15) is 11.9 Å². The average Bonchev–Trinajstić information content (AvgIpc) is 2.80. The number of aromatic nitrogens is 2. The lowest BCUT2D eigenvalue weighted by molar-refractivity contribution is -0.389. The molecule has 1 aromatic heterocycles. The molecule has 2 aromatic rings. The van der Waals surface area contributed by atoms with E-state index in [9.17, 15) is 15.2 Å². The molecule has 0 aliphatic carbocycles. The SMILES string of the molecule is COc1cccc(C(O)Cn2nc([N+](=O)[O-])cc2C)c1. The third kappa shape index (κ3) is 2.94. The molecule has 20 heavy (non-hydrogen) atoms. The molecule has 7 nitrogen and oxygen atoms in total. The van der Waals surface area contributed by atoms with Crippen LogP contribution in [0, 0.1) is 17.0 Å². The van der Waals surface area contributed by atoms with Crippen molar-refractivity contribution in [3.8, 4) is 5.75 Å². The number of aliphatic hydroxyl groups is 1. The van der Waals surface area contributed by atoms with Gasteiger partial charge in [-0.15, -0.1) is 0 Å². The maximum Gasteiger partial charge on any atom is 0.390 e. The van der Waals surface area contributed by atoms with E-state index < -0.39 is 11.0 Å². The van der Waals surface area contributed by atoms with Crippen molar-refractivity contribution >= 4 is 5.82 Å². The maximum atomic E-state index is 10.7. The fourth-order valence-electron chi connectivity index (χ4n) is 1.88. The van der Waals surface area contributed by atoms with Crippen molar-refractivity contribution in [2.24, 2.45) is 0 Å². The highest BCUT2D eigenvalue weighted by Crippen LogP contribution is 2.21. The summed E-state index contributed by atoms with van der Waals surface area (Å²) in [5.74, 6) is 0.421. The monoisotopic (exact) mass is 277 g/mol. The topological polar surface area (TPSA) is 90.4 Å². The van der Waals surface area contributed by atoms with E-state index >= 15 is 0 Å². The zero-order valence-electron chi connectivity index (χ0n) is 11.2. The van der Waals surface area contributed by atoms with Gasteiger partial charge in [0.2, 0.25) is 0 Å². The lowest BCUT2D eigenvalue weighted by Crippen LogP contribution is -2.11. The highest BCUT2D eigenvalue weighted by Gasteiger charge is 2.18. The smallest absolute Gasteiger partial charge is 0.390 e. The molecule has 0 amide bonds. The third-order valence-corrected chi connectivity index (χ3v) is 2.98. The summed E-state index contributed by atoms with van der Waals surface area (Å²) in [5.41, 5.74) is 1.29. The Bertz CT molecular complexity index is 624. The van der Waals surface area contributed by atoms with E-state index in [1.54, 1.807) is 38.3 Å². The van der Waals surface area contributed by atoms with Gasteiger partial charge in [0.25, 0.3) is 0 Å². The molecular formula is C13H15N3O4. The Morgan fingerprint density at radius 3 is 2.85 bits per heavy atom. The number of nitro groups is 1. The van der Waals surface area contributed by atoms with Gasteiger partial charge in [0.15, 0.2) is 0 Å². The number of nitrogens with zero attached hydrogens (tertiary/aromatic N) is 3. The summed E-state index contributed by atoms with van der Waals surface area (Å²) in [4.78, 5) is 10.1. The highest BCUT2D eigenvalue weighted by molar-refractivity contribution is 5.30. The average molecular weight is 277 g/mol. The molecule has 0 spiro atoms. The summed E-state index contributed by atoms with van der Waals surface area (Å²) in [6, 6.07) is 8.41. The third-order valence-electron chi connectivity index (χ3n) is 2.98. The molecule has 106 valence electrons. The number of hydrogen-bond donors (Lipinski definition) is 1. The number of hydrogen-bond acceptors (Lipinski definition) is 5. The molecule has 1 aromatic carbocycles. The molecule has 0 radical (unpaired) electrons. The van der Waals surface area contributed by atoms with Crippen LogP contribution in [0.25, 0.3) is 0 Å². The van der Waals surface area contributed by atoms with Gasteiger partial charge in [-0.25, -0.2) is 0 Å². The molecule has 0 aliphatic heterocycles. The fourth-order valence-corrected chi connectivity index (χ4v) is 1.88. The first-order valence-electron chi connectivity index (χ1n) is 6.02. The Hall–Kier alpha value is -2.41. The Labute approximate surface area is 115 Å². The minimum absolute atomic E-state index is 0.146. The van der Waals surface area contributed by atoms with Gasteiger partial charge >= 0.3 is 5.82 Å². The zero-order valence-corrected chi connectivity index (χ0v) is 11.2. The molecule has 0 bridgehead atoms. The van der Waals surface area contributed by atoms with Crippen molar-refractivity contribution in [1.29, 1.82) is 0 Å². The maximum absolute atomic E-state index is 10.7. The Morgan fingerprint density at radius 1 is 1.50 bits per heavy atom. The van der Waals surface area contributed by atoms with Crippen molar-refractivity contribution < 1.29 is 14.8 Å². The molecule has 7 heteroatoms. The van der Waals surface area contributed by atoms with Crippen LogP contribution in [0.4, 0.5) is 5.82 Å². The van der Waals surface area contributed by atoms with E-state index in [-0.39, 0.29) is 12.4 Å². The van der Waals surface area contributed by atoms with Crippen LogP contribution in [-0.2, 0) is 6.54 Å². The summed E-state index contributed by atoms with van der Waals surface area (Å²) in [5, 5.41) is 24.7. The summed E-state index contributed by atoms with van der Waals surface area (Å²) < 4.78 is 6.51. The minimum atomic E-state index is -0.816. The van der Waals surface area contributed by atoms with Crippen LogP contribution >= 0.6 is 0 Å². The largest absolute Gasteiger partial charge is 0.497 e. The molecule has 1 unspecified atom stereocenters. The molecule has 0 aliphatic rings. The Morgan fingerprint density at radius 2 is 2.25 bits per heavy atom. The van der Waals surface area contributed by atoms with Crippen LogP contribution in [0.5, 0.6) is 5.75 Å². The molecule has 1 atom stereocenters. The number of rotatable bonds is 5. The highest BCUT2D eigenvalue weighted by atomic mass is 16.6. The second-order valence-corrected chi connectivity index (χ2v) is 4.38. The second-order valence-electron chi connectivity index (χ2n) is 4.38. The quantitative estimate of drug-likeness (QED) is 0.665. The number of benzene rings is 1. The van der Waals surface area contributed by atoms with Crippen molar-refractivity contribution in [1.82, 2.24) is 9.78 Å². The normalized spacial score (nSPS) is 12.2. The molecular weight excluding hydrogens is 262 g/mol. The number of aliphatic hydroxyl groups excluding tert-OH is 1. The van der Waals surface area contributed by atoms with Gasteiger partial charge < -0.3 is 20.0 Å². The molecule has 0 fully saturated rings. The predicted molar refractivity (Wildman–Crippen MR) is 71.6 cm³/mol. The summed E-state index contributed by atoms with van der Waals surface area (Å²) in [6.07, 6.45) is -0.816. The molecule has 1 heterocycles. The molecule has 0 saturated carbocycles. The summed E-state index contributed by atoms with van der Waals surface area (Å²) in [6.45, 7) is 1.85. The Balaban J connectivity index is 2.18. The van der Waals surface area contributed by atoms with Gasteiger partial charge in [0.05, 0.1) is 30.5 Å². The van der Waals surface area contributed by atoms with Crippen molar-refractivity contribution in [3.05, 3.63) is 51.7 Å². The number of ether oxygens (including phenoxy) is 1. The van der Waals surface area contributed by atoms with Gasteiger partial charge in [-0.2, -0.15) is 4.68 Å². The number of aryl methyl sites for hydroxylation is 1. The fraction of sp³-hybridized carbons (Fsp3) is 0.308. The van der Waals surface area contributed by atoms with Crippen LogP contribution in [0.3, 0.4) is 0 Å². The molecule has 1 N–H and O–H groups in total. The summed E-state index contributed by atoms with van der Waals surface area (Å²) >= 11 is 0. The van der Waals surface area contributed by atoms with E-state index in [1.807, 2.05) is 0 Å². The van der Waals surface area contributed by atoms with Crippen molar-refractivity contribution in [2.45, 2.75) is 19.6 Å². The first-order valence-corrected chi connectivity index (χ1v) is 6.02. The van der Waals surface area contributed by atoms with Gasteiger partial charge in [-0.05, 0) is 29.5 Å². The summed E-state index contributed by atoms with van der Waals surface area (Å²) in [7, 11) is 1.55. The van der Waals surface area contributed by atoms with E-state index in [0.717, 1.165) is 0 Å². The van der Waals surface area contributed by atoms with Crippen molar-refractivity contribution in [2.75, 3.05) is 7.11 Å². The second kappa shape index (κ2) is 5.70. The van der Waals surface area contributed by atoms with E-state index in [1.165, 1.54) is 10.7 Å². The lowest BCUT2D eigenvalue weighted by atomic mass is 10.1. The van der Waals surface area contributed by atoms with E-state index in [2.05, 4.69) is 5.10 Å². The molecule has 2 rings (SSSR count). The first kappa shape index (κ1) is 14.0. The van der Waals surface area contributed by atoms with Crippen LogP contribution in [0.15, 0.2) is 30.3 Å². The lowest BCUT2D eigenvalue weighted by Gasteiger charge is -2.11. The predicted octanol–water partition coefficient (Wildman–Crippen LogP) is 1.84. The first-order chi connectivity index (χ1) is 9.51. The van der Waals surface area contributed by atoms with Gasteiger partial charge in [0, 0.05) is 0 Å². The standard InChI is InChI=1S/C13H15N3O4/c1-9-6-13(16(18)19)14-15(9)8-12(17)10-4-3-5-11(7-10)20-2/h3-7,12,17H,8H2,1-2H3. The van der Waals surface area contributed by atoms with Crippen LogP contribution < -0.4 is 4.74 Å². The van der Waals surface area contributed by atoms with Crippen LogP contribution in [-0.4, -0.2) is 26.9 Å². The van der Waals surface area contributed by atoms with Gasteiger partial charge in [-0.1, -0.05) is 12.1 Å². The van der Waals surface area contributed by atoms with E-state index in [4.69, 9.17) is 4.74 Å².